The van der Waals surface area contributed by atoms with Crippen molar-refractivity contribution >= 4 is 11.6 Å². The summed E-state index contributed by atoms with van der Waals surface area (Å²) in [6, 6.07) is 5.76. The van der Waals surface area contributed by atoms with Gasteiger partial charge in [-0.05, 0) is 44.5 Å². The van der Waals surface area contributed by atoms with Crippen molar-refractivity contribution < 1.29 is 23.8 Å². The van der Waals surface area contributed by atoms with E-state index in [0.29, 0.717) is 12.8 Å². The monoisotopic (exact) mass is 316 g/mol. The van der Waals surface area contributed by atoms with Crippen molar-refractivity contribution in [1.29, 1.82) is 0 Å². The average Bonchev–Trinajstić information content (AvgIpc) is 3.04. The summed E-state index contributed by atoms with van der Waals surface area (Å²) in [6.45, 7) is 4.95. The highest BCUT2D eigenvalue weighted by Crippen LogP contribution is 2.38. The number of allylic oxidation sites excluding steroid dienone is 1. The molecule has 1 aromatic rings. The lowest BCUT2D eigenvalue weighted by Gasteiger charge is -2.31. The molecule has 2 aliphatic rings. The first-order chi connectivity index (χ1) is 10.9. The van der Waals surface area contributed by atoms with Gasteiger partial charge in [-0.3, -0.25) is 9.59 Å². The molecular formula is C18H20O5. The van der Waals surface area contributed by atoms with E-state index in [0.717, 1.165) is 22.8 Å². The summed E-state index contributed by atoms with van der Waals surface area (Å²) in [6.07, 6.45) is 3.11. The maximum atomic E-state index is 11.8. The quantitative estimate of drug-likeness (QED) is 0.782. The van der Waals surface area contributed by atoms with Gasteiger partial charge in [0.15, 0.2) is 11.5 Å². The Hall–Kier alpha value is -2.30. The lowest BCUT2D eigenvalue weighted by atomic mass is 9.81. The van der Waals surface area contributed by atoms with Gasteiger partial charge in [0, 0.05) is 12.8 Å². The molecule has 1 atom stereocenters. The minimum atomic E-state index is -0.788. The Morgan fingerprint density at radius 1 is 1.17 bits per heavy atom. The van der Waals surface area contributed by atoms with Crippen molar-refractivity contribution in [2.75, 3.05) is 6.79 Å². The van der Waals surface area contributed by atoms with Crippen LogP contribution in [0, 0.1) is 5.92 Å². The molecule has 122 valence electrons. The summed E-state index contributed by atoms with van der Waals surface area (Å²) in [4.78, 5) is 23.6. The average molecular weight is 316 g/mol. The standard InChI is InChI=1S/C18H20O5/c1-11(19)17(12(2)20)18(3)7-6-14(23-18)8-13-4-5-15-16(9-13)22-10-21-15/h4-6,9,17H,7-8,10H2,1-3H3. The van der Waals surface area contributed by atoms with Gasteiger partial charge in [0.05, 0.1) is 5.76 Å². The molecule has 0 aliphatic carbocycles. The normalized spacial score (nSPS) is 22.0. The molecule has 0 N–H and O–H groups in total. The Morgan fingerprint density at radius 3 is 2.57 bits per heavy atom. The van der Waals surface area contributed by atoms with Crippen molar-refractivity contribution in [1.82, 2.24) is 0 Å². The molecule has 5 nitrogen and oxygen atoms in total. The number of rotatable bonds is 5. The minimum absolute atomic E-state index is 0.155. The second kappa shape index (κ2) is 5.72. The molecule has 3 rings (SSSR count). The van der Waals surface area contributed by atoms with Crippen molar-refractivity contribution in [3.05, 3.63) is 35.6 Å². The largest absolute Gasteiger partial charge is 0.490 e. The fraction of sp³-hybridized carbons (Fsp3) is 0.444. The molecular weight excluding hydrogens is 296 g/mol. The third-order valence-corrected chi connectivity index (χ3v) is 4.34. The Balaban J connectivity index is 1.72. The van der Waals surface area contributed by atoms with Crippen LogP contribution in [0.25, 0.3) is 0 Å². The van der Waals surface area contributed by atoms with Crippen LogP contribution in [0.3, 0.4) is 0 Å². The molecule has 0 radical (unpaired) electrons. The molecule has 0 saturated heterocycles. The number of fused-ring (bicyclic) bond motifs is 1. The number of hydrogen-bond donors (Lipinski definition) is 0. The lowest BCUT2D eigenvalue weighted by Crippen LogP contribution is -2.43. The Labute approximate surface area is 135 Å². The molecule has 5 heteroatoms. The molecule has 0 bridgehead atoms. The molecule has 0 fully saturated rings. The smallest absolute Gasteiger partial charge is 0.231 e. The molecule has 0 aromatic heterocycles. The van der Waals surface area contributed by atoms with Gasteiger partial charge in [-0.2, -0.15) is 0 Å². The van der Waals surface area contributed by atoms with Crippen molar-refractivity contribution in [3.8, 4) is 11.5 Å². The van der Waals surface area contributed by atoms with Crippen LogP contribution in [0.15, 0.2) is 30.0 Å². The van der Waals surface area contributed by atoms with E-state index in [1.807, 2.05) is 31.2 Å². The Kier molecular flexibility index (Phi) is 3.88. The van der Waals surface area contributed by atoms with Crippen LogP contribution in [0.5, 0.6) is 11.5 Å². The van der Waals surface area contributed by atoms with E-state index in [1.54, 1.807) is 0 Å². The predicted octanol–water partition coefficient (Wildman–Crippen LogP) is 2.81. The summed E-state index contributed by atoms with van der Waals surface area (Å²) in [5, 5.41) is 0. The van der Waals surface area contributed by atoms with Gasteiger partial charge >= 0.3 is 0 Å². The molecule has 2 aliphatic heterocycles. The number of hydrogen-bond acceptors (Lipinski definition) is 5. The lowest BCUT2D eigenvalue weighted by molar-refractivity contribution is -0.141. The van der Waals surface area contributed by atoms with Crippen molar-refractivity contribution in [3.63, 3.8) is 0 Å². The summed E-state index contributed by atoms with van der Waals surface area (Å²) < 4.78 is 16.7. The van der Waals surface area contributed by atoms with Crippen LogP contribution >= 0.6 is 0 Å². The Morgan fingerprint density at radius 2 is 1.87 bits per heavy atom. The van der Waals surface area contributed by atoms with E-state index in [4.69, 9.17) is 14.2 Å². The number of ether oxygens (including phenoxy) is 3. The van der Waals surface area contributed by atoms with Crippen LogP contribution in [0.2, 0.25) is 0 Å². The van der Waals surface area contributed by atoms with Gasteiger partial charge < -0.3 is 14.2 Å². The number of carbonyl (C=O) groups excluding carboxylic acids is 2. The Bertz CT molecular complexity index is 677. The van der Waals surface area contributed by atoms with Crippen LogP contribution in [0.4, 0.5) is 0 Å². The van der Waals surface area contributed by atoms with Gasteiger partial charge in [0.2, 0.25) is 6.79 Å². The fourth-order valence-electron chi connectivity index (χ4n) is 3.38. The third kappa shape index (κ3) is 2.96. The van der Waals surface area contributed by atoms with Gasteiger partial charge in [0.25, 0.3) is 0 Å². The maximum absolute atomic E-state index is 11.8. The van der Waals surface area contributed by atoms with Gasteiger partial charge in [-0.25, -0.2) is 0 Å². The number of Topliss-reactive ketones (excluding diaryl/α,β-unsaturated/α-hetero) is 2. The second-order valence-electron chi connectivity index (χ2n) is 6.31. The van der Waals surface area contributed by atoms with E-state index >= 15 is 0 Å². The minimum Gasteiger partial charge on any atom is -0.490 e. The predicted molar refractivity (Wildman–Crippen MR) is 83.3 cm³/mol. The van der Waals surface area contributed by atoms with Crippen LogP contribution in [0.1, 0.15) is 32.8 Å². The van der Waals surface area contributed by atoms with E-state index in [9.17, 15) is 9.59 Å². The highest BCUT2D eigenvalue weighted by atomic mass is 16.7. The first-order valence-corrected chi connectivity index (χ1v) is 7.66. The molecule has 1 aromatic carbocycles. The number of carbonyl (C=O) groups is 2. The van der Waals surface area contributed by atoms with Gasteiger partial charge in [0.1, 0.15) is 23.1 Å². The van der Waals surface area contributed by atoms with Gasteiger partial charge in [-0.1, -0.05) is 6.07 Å². The molecule has 23 heavy (non-hydrogen) atoms. The van der Waals surface area contributed by atoms with E-state index in [1.165, 1.54) is 13.8 Å². The summed E-state index contributed by atoms with van der Waals surface area (Å²) in [5.41, 5.74) is 0.246. The zero-order valence-corrected chi connectivity index (χ0v) is 13.5. The number of benzene rings is 1. The topological polar surface area (TPSA) is 61.8 Å². The molecule has 2 heterocycles. The molecule has 0 amide bonds. The van der Waals surface area contributed by atoms with E-state index < -0.39 is 11.5 Å². The van der Waals surface area contributed by atoms with Crippen LogP contribution in [-0.2, 0) is 20.7 Å². The van der Waals surface area contributed by atoms with Crippen LogP contribution < -0.4 is 9.47 Å². The van der Waals surface area contributed by atoms with Crippen molar-refractivity contribution in [2.24, 2.45) is 5.92 Å². The zero-order valence-electron chi connectivity index (χ0n) is 13.5. The number of ketones is 2. The molecule has 1 unspecified atom stereocenters. The van der Waals surface area contributed by atoms with Crippen LogP contribution in [-0.4, -0.2) is 24.0 Å². The highest BCUT2D eigenvalue weighted by Gasteiger charge is 2.44. The zero-order chi connectivity index (χ0) is 16.6. The third-order valence-electron chi connectivity index (χ3n) is 4.34. The summed E-state index contributed by atoms with van der Waals surface area (Å²) in [5.74, 6) is 1.21. The van der Waals surface area contributed by atoms with E-state index in [2.05, 4.69) is 0 Å². The highest BCUT2D eigenvalue weighted by molar-refractivity contribution is 6.01. The SMILES string of the molecule is CC(=O)C(C(C)=O)C1(C)CC=C(Cc2ccc3c(c2)OCO3)O1. The first-order valence-electron chi connectivity index (χ1n) is 7.66. The second-order valence-corrected chi connectivity index (χ2v) is 6.31. The summed E-state index contributed by atoms with van der Waals surface area (Å²) in [7, 11) is 0. The van der Waals surface area contributed by atoms with E-state index in [-0.39, 0.29) is 18.4 Å². The van der Waals surface area contributed by atoms with Gasteiger partial charge in [-0.15, -0.1) is 0 Å². The summed E-state index contributed by atoms with van der Waals surface area (Å²) >= 11 is 0. The molecule has 0 spiro atoms. The molecule has 0 saturated carbocycles. The fourth-order valence-corrected chi connectivity index (χ4v) is 3.38. The maximum Gasteiger partial charge on any atom is 0.231 e. The first kappa shape index (κ1) is 15.6. The van der Waals surface area contributed by atoms with Crippen molar-refractivity contribution in [2.45, 2.75) is 39.2 Å².